The van der Waals surface area contributed by atoms with Crippen LogP contribution in [0.1, 0.15) is 18.9 Å². The smallest absolute Gasteiger partial charge is 0.385 e. The highest BCUT2D eigenvalue weighted by molar-refractivity contribution is 5.63. The molecule has 0 aliphatic carbocycles. The van der Waals surface area contributed by atoms with Gasteiger partial charge in [0.2, 0.25) is 0 Å². The molecule has 0 heterocycles. The number of hydrogen-bond acceptors (Lipinski definition) is 1. The number of rotatable bonds is 7. The van der Waals surface area contributed by atoms with Crippen LogP contribution in [0.15, 0.2) is 54.6 Å². The minimum Gasteiger partial charge on any atom is -0.385 e. The molecule has 1 atom stereocenters. The first kappa shape index (κ1) is 25.9. The molecule has 178 valence electrons. The van der Waals surface area contributed by atoms with Gasteiger partial charge in [-0.3, -0.25) is 0 Å². The molecule has 0 aromatic heterocycles. The Bertz CT molecular complexity index is 917. The molecule has 0 saturated heterocycles. The second-order valence-electron chi connectivity index (χ2n) is 7.32. The maximum atomic E-state index is 14.1. The van der Waals surface area contributed by atoms with Gasteiger partial charge in [-0.1, -0.05) is 54.6 Å². The average molecular weight is 480 g/mol. The van der Waals surface area contributed by atoms with Crippen LogP contribution in [0.25, 0.3) is 11.1 Å². The molecule has 2 rings (SSSR count). The first-order valence-corrected chi connectivity index (χ1v) is 8.74. The fourth-order valence-electron chi connectivity index (χ4n) is 2.90. The summed E-state index contributed by atoms with van der Waals surface area (Å²) in [5, 5.41) is 10.2. The zero-order valence-corrected chi connectivity index (χ0v) is 16.0. The van der Waals surface area contributed by atoms with E-state index in [0.29, 0.717) is 18.1 Å². The molecule has 0 aliphatic rings. The van der Waals surface area contributed by atoms with Crippen molar-refractivity contribution in [1.82, 2.24) is 0 Å². The van der Waals surface area contributed by atoms with Crippen LogP contribution in [0.2, 0.25) is 0 Å². The van der Waals surface area contributed by atoms with Crippen LogP contribution in [0.5, 0.6) is 0 Å². The van der Waals surface area contributed by atoms with Gasteiger partial charge in [-0.05, 0) is 23.6 Å². The van der Waals surface area contributed by atoms with E-state index in [2.05, 4.69) is 0 Å². The molecule has 0 saturated carbocycles. The molecule has 2 aromatic rings. The lowest BCUT2D eigenvalue weighted by atomic mass is 9.84. The van der Waals surface area contributed by atoms with Gasteiger partial charge < -0.3 is 5.11 Å². The lowest BCUT2D eigenvalue weighted by Crippen LogP contribution is -2.67. The fourth-order valence-corrected chi connectivity index (χ4v) is 2.90. The highest BCUT2D eigenvalue weighted by Gasteiger charge is 2.87. The Hall–Kier alpha value is -2.37. The van der Waals surface area contributed by atoms with Gasteiger partial charge in [0.15, 0.2) is 0 Å². The number of halogens is 11. The number of aliphatic hydroxyl groups is 1. The molecular weight excluding hydrogens is 465 g/mol. The lowest BCUT2D eigenvalue weighted by Gasteiger charge is -2.39. The molecule has 1 N–H and O–H groups in total. The van der Waals surface area contributed by atoms with Crippen molar-refractivity contribution in [2.45, 2.75) is 48.8 Å². The van der Waals surface area contributed by atoms with Crippen molar-refractivity contribution in [3.8, 4) is 11.1 Å². The van der Waals surface area contributed by atoms with Crippen LogP contribution in [0.4, 0.5) is 48.3 Å². The van der Waals surface area contributed by atoms with E-state index in [0.717, 1.165) is 12.1 Å². The van der Waals surface area contributed by atoms with Crippen molar-refractivity contribution < 1.29 is 53.4 Å². The van der Waals surface area contributed by atoms with E-state index in [4.69, 9.17) is 0 Å². The van der Waals surface area contributed by atoms with E-state index in [1.54, 1.807) is 30.3 Å². The van der Waals surface area contributed by atoms with E-state index < -0.39 is 47.5 Å². The fraction of sp³-hybridized carbons (Fsp3) is 0.400. The minimum atomic E-state index is -7.50. The molecule has 1 nitrogen and oxygen atoms in total. The van der Waals surface area contributed by atoms with Crippen molar-refractivity contribution in [3.05, 3.63) is 60.2 Å². The summed E-state index contributed by atoms with van der Waals surface area (Å²) in [5.41, 5.74) is -2.34. The summed E-state index contributed by atoms with van der Waals surface area (Å²) in [6, 6.07) is 12.9. The minimum absolute atomic E-state index is 0.487. The molecule has 0 bridgehead atoms. The summed E-state index contributed by atoms with van der Waals surface area (Å²) in [4.78, 5) is 0. The van der Waals surface area contributed by atoms with Gasteiger partial charge in [-0.2, -0.15) is 48.3 Å². The average Bonchev–Trinajstić information content (AvgIpc) is 2.66. The van der Waals surface area contributed by atoms with Crippen LogP contribution < -0.4 is 0 Å². The third-order valence-electron chi connectivity index (χ3n) is 4.78. The van der Waals surface area contributed by atoms with Gasteiger partial charge in [0.1, 0.15) is 0 Å². The molecule has 1 unspecified atom stereocenters. The van der Waals surface area contributed by atoms with Crippen LogP contribution in [0, 0.1) is 0 Å². The molecule has 0 amide bonds. The molecule has 0 aliphatic heterocycles. The zero-order chi connectivity index (χ0) is 24.8. The molecular formula is C20H15F11O. The SMILES string of the molecule is CC(O)(CC(F)(F)C(F)(F)C(F)(F)C(F)(F)C(F)(F)F)c1ccc(-c2ccccc2)cc1. The highest BCUT2D eigenvalue weighted by atomic mass is 19.4. The number of hydrogen-bond donors (Lipinski definition) is 1. The normalized spacial score (nSPS) is 16.0. The standard InChI is InChI=1S/C20H15F11O/c1-15(32,14-9-7-13(8-10-14)12-5-3-2-4-6-12)11-16(21,22)17(23,24)18(25,26)19(27,28)20(29,30)31/h2-10,32H,11H2,1H3. The van der Waals surface area contributed by atoms with Crippen molar-refractivity contribution in [3.63, 3.8) is 0 Å². The van der Waals surface area contributed by atoms with Gasteiger partial charge in [0.05, 0.1) is 12.0 Å². The van der Waals surface area contributed by atoms with E-state index in [9.17, 15) is 53.4 Å². The summed E-state index contributed by atoms with van der Waals surface area (Å²) in [6.07, 6.45) is -9.80. The Kier molecular flexibility index (Phi) is 6.38. The Balaban J connectivity index is 2.36. The number of benzene rings is 2. The Labute approximate surface area is 174 Å². The van der Waals surface area contributed by atoms with Crippen LogP contribution >= 0.6 is 0 Å². The topological polar surface area (TPSA) is 20.2 Å². The third-order valence-corrected chi connectivity index (χ3v) is 4.78. The van der Waals surface area contributed by atoms with Crippen molar-refractivity contribution in [1.29, 1.82) is 0 Å². The van der Waals surface area contributed by atoms with Crippen molar-refractivity contribution in [2.75, 3.05) is 0 Å². The van der Waals surface area contributed by atoms with Gasteiger partial charge in [-0.25, -0.2) is 0 Å². The molecule has 0 spiro atoms. The molecule has 32 heavy (non-hydrogen) atoms. The lowest BCUT2D eigenvalue weighted by molar-refractivity contribution is -0.424. The quantitative estimate of drug-likeness (QED) is 0.421. The summed E-state index contributed by atoms with van der Waals surface area (Å²) >= 11 is 0. The second-order valence-corrected chi connectivity index (χ2v) is 7.32. The second kappa shape index (κ2) is 7.89. The Morgan fingerprint density at radius 1 is 0.594 bits per heavy atom. The molecule has 0 radical (unpaired) electrons. The number of alkyl halides is 11. The van der Waals surface area contributed by atoms with Crippen molar-refractivity contribution >= 4 is 0 Å². The van der Waals surface area contributed by atoms with Gasteiger partial charge in [0, 0.05) is 0 Å². The maximum Gasteiger partial charge on any atom is 0.460 e. The highest BCUT2D eigenvalue weighted by Crippen LogP contribution is 2.59. The maximum absolute atomic E-state index is 14.1. The summed E-state index contributed by atoms with van der Waals surface area (Å²) < 4.78 is 145. The molecule has 2 aromatic carbocycles. The van der Waals surface area contributed by atoms with Gasteiger partial charge >= 0.3 is 29.9 Å². The summed E-state index contributed by atoms with van der Waals surface area (Å²) in [6.45, 7) is 0.508. The van der Waals surface area contributed by atoms with Gasteiger partial charge in [-0.15, -0.1) is 0 Å². The van der Waals surface area contributed by atoms with Crippen LogP contribution in [0.3, 0.4) is 0 Å². The summed E-state index contributed by atoms with van der Waals surface area (Å²) in [5.74, 6) is -28.3. The van der Waals surface area contributed by atoms with Gasteiger partial charge in [0.25, 0.3) is 0 Å². The van der Waals surface area contributed by atoms with E-state index >= 15 is 0 Å². The largest absolute Gasteiger partial charge is 0.460 e. The van der Waals surface area contributed by atoms with E-state index in [-0.39, 0.29) is 0 Å². The van der Waals surface area contributed by atoms with E-state index in [1.807, 2.05) is 0 Å². The predicted molar refractivity (Wildman–Crippen MR) is 91.9 cm³/mol. The Morgan fingerprint density at radius 3 is 1.47 bits per heavy atom. The van der Waals surface area contributed by atoms with Crippen LogP contribution in [-0.2, 0) is 5.60 Å². The van der Waals surface area contributed by atoms with Crippen molar-refractivity contribution in [2.24, 2.45) is 0 Å². The third kappa shape index (κ3) is 4.28. The molecule has 0 fully saturated rings. The van der Waals surface area contributed by atoms with Crippen LogP contribution in [-0.4, -0.2) is 35.0 Å². The summed E-state index contributed by atoms with van der Waals surface area (Å²) in [7, 11) is 0. The van der Waals surface area contributed by atoms with E-state index in [1.165, 1.54) is 12.1 Å². The monoisotopic (exact) mass is 480 g/mol. The Morgan fingerprint density at radius 2 is 1.03 bits per heavy atom. The zero-order valence-electron chi connectivity index (χ0n) is 16.0. The molecule has 12 heteroatoms. The first-order valence-electron chi connectivity index (χ1n) is 8.74. The predicted octanol–water partition coefficient (Wildman–Crippen LogP) is 7.05. The first-order chi connectivity index (χ1) is 14.3.